The normalized spacial score (nSPS) is 15.2. The Balaban J connectivity index is 1.56. The third kappa shape index (κ3) is 4.07. The van der Waals surface area contributed by atoms with Gasteiger partial charge < -0.3 is 18.9 Å². The van der Waals surface area contributed by atoms with Crippen LogP contribution in [0.5, 0.6) is 11.5 Å². The number of hydrogen-bond donors (Lipinski definition) is 0. The molecule has 29 heavy (non-hydrogen) atoms. The zero-order valence-corrected chi connectivity index (χ0v) is 15.8. The lowest BCUT2D eigenvalue weighted by Gasteiger charge is -2.28. The van der Waals surface area contributed by atoms with Crippen LogP contribution in [-0.2, 0) is 22.7 Å². The molecule has 1 atom stereocenters. The van der Waals surface area contributed by atoms with Gasteiger partial charge in [-0.25, -0.2) is 9.18 Å². The first-order valence-electron chi connectivity index (χ1n) is 9.10. The van der Waals surface area contributed by atoms with Crippen LogP contribution < -0.4 is 9.47 Å². The van der Waals surface area contributed by atoms with Gasteiger partial charge in [-0.05, 0) is 24.3 Å². The van der Waals surface area contributed by atoms with Gasteiger partial charge in [0.2, 0.25) is 6.29 Å². The molecular formula is C23H19FO5. The topological polar surface area (TPSA) is 54.0 Å². The zero-order chi connectivity index (χ0) is 20.2. The minimum absolute atomic E-state index is 0.140. The van der Waals surface area contributed by atoms with Crippen molar-refractivity contribution >= 4 is 5.97 Å². The van der Waals surface area contributed by atoms with Gasteiger partial charge >= 0.3 is 5.97 Å². The maximum Gasteiger partial charge on any atom is 0.342 e. The Kier molecular flexibility index (Phi) is 5.44. The maximum absolute atomic E-state index is 14.1. The Morgan fingerprint density at radius 3 is 2.66 bits per heavy atom. The molecule has 0 bridgehead atoms. The van der Waals surface area contributed by atoms with Crippen molar-refractivity contribution in [2.75, 3.05) is 7.11 Å². The van der Waals surface area contributed by atoms with Gasteiger partial charge in [0.25, 0.3) is 0 Å². The van der Waals surface area contributed by atoms with E-state index in [4.69, 9.17) is 18.9 Å². The molecule has 1 aliphatic rings. The van der Waals surface area contributed by atoms with E-state index in [2.05, 4.69) is 0 Å². The van der Waals surface area contributed by atoms with Gasteiger partial charge in [-0.3, -0.25) is 0 Å². The Morgan fingerprint density at radius 2 is 1.86 bits per heavy atom. The van der Waals surface area contributed by atoms with Crippen molar-refractivity contribution in [2.45, 2.75) is 19.5 Å². The molecule has 6 heteroatoms. The summed E-state index contributed by atoms with van der Waals surface area (Å²) in [5.74, 6) is -0.128. The molecule has 4 rings (SSSR count). The minimum Gasteiger partial charge on any atom is -0.496 e. The average Bonchev–Trinajstić information content (AvgIpc) is 2.77. The van der Waals surface area contributed by atoms with Crippen LogP contribution in [0.1, 0.15) is 33.3 Å². The zero-order valence-electron chi connectivity index (χ0n) is 15.8. The van der Waals surface area contributed by atoms with E-state index in [1.807, 2.05) is 30.3 Å². The van der Waals surface area contributed by atoms with Crippen molar-refractivity contribution in [3.63, 3.8) is 0 Å². The summed E-state index contributed by atoms with van der Waals surface area (Å²) in [4.78, 5) is 12.5. The molecule has 0 fully saturated rings. The Labute approximate surface area is 167 Å². The predicted molar refractivity (Wildman–Crippen MR) is 103 cm³/mol. The van der Waals surface area contributed by atoms with Gasteiger partial charge in [0, 0.05) is 16.7 Å². The predicted octanol–water partition coefficient (Wildman–Crippen LogP) is 4.80. The Hall–Kier alpha value is -3.38. The van der Waals surface area contributed by atoms with Crippen molar-refractivity contribution in [3.05, 3.63) is 94.8 Å². The van der Waals surface area contributed by atoms with E-state index < -0.39 is 18.1 Å². The fourth-order valence-corrected chi connectivity index (χ4v) is 3.19. The highest BCUT2D eigenvalue weighted by Crippen LogP contribution is 2.37. The van der Waals surface area contributed by atoms with Crippen LogP contribution >= 0.6 is 0 Å². The van der Waals surface area contributed by atoms with Gasteiger partial charge in [0.15, 0.2) is 0 Å². The summed E-state index contributed by atoms with van der Waals surface area (Å²) in [6.45, 7) is 0.0542. The third-order valence-corrected chi connectivity index (χ3v) is 4.58. The highest BCUT2D eigenvalue weighted by atomic mass is 19.1. The number of carbonyl (C=O) groups is 1. The number of halogens is 1. The van der Waals surface area contributed by atoms with E-state index in [0.29, 0.717) is 28.2 Å². The number of carbonyl (C=O) groups excluding carboxylic acids is 1. The number of fused-ring (bicyclic) bond motifs is 1. The summed E-state index contributed by atoms with van der Waals surface area (Å²) in [6.07, 6.45) is -0.613. The molecular weight excluding hydrogens is 375 g/mol. The fourth-order valence-electron chi connectivity index (χ4n) is 3.19. The van der Waals surface area contributed by atoms with Gasteiger partial charge in [-0.2, -0.15) is 0 Å². The van der Waals surface area contributed by atoms with Crippen LogP contribution in [0.15, 0.2) is 66.7 Å². The van der Waals surface area contributed by atoms with E-state index in [0.717, 1.165) is 5.56 Å². The van der Waals surface area contributed by atoms with Crippen LogP contribution in [0, 0.1) is 5.82 Å². The average molecular weight is 394 g/mol. The molecule has 1 heterocycles. The van der Waals surface area contributed by atoms with Crippen molar-refractivity contribution in [1.82, 2.24) is 0 Å². The molecule has 0 amide bonds. The molecule has 0 aliphatic carbocycles. The molecule has 0 radical (unpaired) electrons. The van der Waals surface area contributed by atoms with Crippen LogP contribution in [-0.4, -0.2) is 13.1 Å². The molecule has 0 spiro atoms. The monoisotopic (exact) mass is 394 g/mol. The van der Waals surface area contributed by atoms with Crippen LogP contribution in [0.4, 0.5) is 4.39 Å². The van der Waals surface area contributed by atoms with Crippen molar-refractivity contribution in [1.29, 1.82) is 0 Å². The van der Waals surface area contributed by atoms with E-state index in [1.165, 1.54) is 19.2 Å². The van der Waals surface area contributed by atoms with Crippen molar-refractivity contribution in [2.24, 2.45) is 0 Å². The summed E-state index contributed by atoms with van der Waals surface area (Å²) >= 11 is 0. The second kappa shape index (κ2) is 8.32. The van der Waals surface area contributed by atoms with Gasteiger partial charge in [0.05, 0.1) is 13.7 Å². The number of esters is 1. The smallest absolute Gasteiger partial charge is 0.342 e. The maximum atomic E-state index is 14.1. The van der Waals surface area contributed by atoms with E-state index in [1.54, 1.807) is 24.3 Å². The second-order valence-electron chi connectivity index (χ2n) is 6.50. The summed E-state index contributed by atoms with van der Waals surface area (Å²) in [6, 6.07) is 18.9. The van der Waals surface area contributed by atoms with Crippen LogP contribution in [0.2, 0.25) is 0 Å². The highest BCUT2D eigenvalue weighted by Gasteiger charge is 2.26. The minimum atomic E-state index is -0.613. The number of para-hydroxylation sites is 1. The number of hydrogen-bond acceptors (Lipinski definition) is 5. The Bertz CT molecular complexity index is 1020. The standard InChI is InChI=1S/C23H19FO5/c1-26-20-10-6-5-9-19(20)22(25)27-13-16-11-18(24)12-17-14-28-23(29-21(16)17)15-7-3-2-4-8-15/h2-12,23H,13-14H2,1H3/t23-/m0/s1. The lowest BCUT2D eigenvalue weighted by atomic mass is 10.1. The number of rotatable bonds is 5. The molecule has 0 aromatic heterocycles. The summed E-state index contributed by atoms with van der Waals surface area (Å²) < 4.78 is 36.4. The third-order valence-electron chi connectivity index (χ3n) is 4.58. The number of ether oxygens (including phenoxy) is 4. The molecule has 3 aromatic rings. The first kappa shape index (κ1) is 19.0. The van der Waals surface area contributed by atoms with Gasteiger partial charge in [-0.15, -0.1) is 0 Å². The SMILES string of the molecule is COc1ccccc1C(=O)OCc1cc(F)cc2c1O[C@@H](c1ccccc1)OC2. The summed E-state index contributed by atoms with van der Waals surface area (Å²) in [5, 5.41) is 0. The first-order valence-corrected chi connectivity index (χ1v) is 9.10. The number of methoxy groups -OCH3 is 1. The van der Waals surface area contributed by atoms with Crippen LogP contribution in [0.3, 0.4) is 0 Å². The molecule has 0 N–H and O–H groups in total. The lowest BCUT2D eigenvalue weighted by Crippen LogP contribution is -2.20. The van der Waals surface area contributed by atoms with E-state index in [-0.39, 0.29) is 13.2 Å². The summed E-state index contributed by atoms with van der Waals surface area (Å²) in [5.41, 5.74) is 2.15. The van der Waals surface area contributed by atoms with Crippen molar-refractivity contribution < 1.29 is 28.1 Å². The fraction of sp³-hybridized carbons (Fsp3) is 0.174. The highest BCUT2D eigenvalue weighted by molar-refractivity contribution is 5.92. The second-order valence-corrected chi connectivity index (χ2v) is 6.50. The van der Waals surface area contributed by atoms with Gasteiger partial charge in [0.1, 0.15) is 29.5 Å². The summed E-state index contributed by atoms with van der Waals surface area (Å²) in [7, 11) is 1.48. The molecule has 5 nitrogen and oxygen atoms in total. The van der Waals surface area contributed by atoms with E-state index in [9.17, 15) is 9.18 Å². The molecule has 3 aromatic carbocycles. The van der Waals surface area contributed by atoms with E-state index >= 15 is 0 Å². The number of benzene rings is 3. The quantitative estimate of drug-likeness (QED) is 0.582. The van der Waals surface area contributed by atoms with Crippen LogP contribution in [0.25, 0.3) is 0 Å². The lowest BCUT2D eigenvalue weighted by molar-refractivity contribution is -0.112. The molecule has 0 saturated carbocycles. The molecule has 148 valence electrons. The Morgan fingerprint density at radius 1 is 1.10 bits per heavy atom. The largest absolute Gasteiger partial charge is 0.496 e. The molecule has 1 aliphatic heterocycles. The van der Waals surface area contributed by atoms with Gasteiger partial charge in [-0.1, -0.05) is 42.5 Å². The van der Waals surface area contributed by atoms with Crippen molar-refractivity contribution in [3.8, 4) is 11.5 Å². The molecule has 0 unspecified atom stereocenters. The first-order chi connectivity index (χ1) is 14.2. The molecule has 0 saturated heterocycles.